The van der Waals surface area contributed by atoms with Gasteiger partial charge in [0.15, 0.2) is 0 Å². The second-order valence-corrected chi connectivity index (χ2v) is 3.04. The quantitative estimate of drug-likeness (QED) is 0.486. The molecule has 1 radical (unpaired) electrons. The Kier molecular flexibility index (Phi) is 5.87. The van der Waals surface area contributed by atoms with Gasteiger partial charge in [0.2, 0.25) is 0 Å². The van der Waals surface area contributed by atoms with Crippen molar-refractivity contribution in [3.8, 4) is 0 Å². The van der Waals surface area contributed by atoms with Gasteiger partial charge in [-0.1, -0.05) is 48.6 Å². The molecule has 0 saturated heterocycles. The number of allylic oxidation sites excluding steroid dienone is 8. The largest absolute Gasteiger partial charge is 0.0879 e. The van der Waals surface area contributed by atoms with Gasteiger partial charge >= 0.3 is 0 Å². The highest BCUT2D eigenvalue weighted by Gasteiger charge is 1.79. The zero-order chi connectivity index (χ0) is 9.19. The second kappa shape index (κ2) is 7.60. The van der Waals surface area contributed by atoms with Crippen LogP contribution in [-0.2, 0) is 0 Å². The molecule has 0 spiro atoms. The van der Waals surface area contributed by atoms with Crippen LogP contribution in [0.4, 0.5) is 0 Å². The standard InChI is InChI=1S/C13H17/c1-2-4-6-8-10-12-13-11-9-7-5-3-1/h1-5,8,10-11,13H,6-7,9,12H2/b4-2+,5-3+,10-8-,13-11-. The highest BCUT2D eigenvalue weighted by molar-refractivity contribution is 5.10. The zero-order valence-electron chi connectivity index (χ0n) is 8.02. The molecule has 0 atom stereocenters. The molecule has 0 heterocycles. The number of rotatable bonds is 0. The highest BCUT2D eigenvalue weighted by Crippen LogP contribution is 1.99. The van der Waals surface area contributed by atoms with Crippen molar-refractivity contribution in [3.63, 3.8) is 0 Å². The van der Waals surface area contributed by atoms with Gasteiger partial charge in [-0.05, 0) is 25.7 Å². The van der Waals surface area contributed by atoms with Gasteiger partial charge in [-0.3, -0.25) is 0 Å². The lowest BCUT2D eigenvalue weighted by Crippen LogP contribution is -1.65. The van der Waals surface area contributed by atoms with Crippen LogP contribution >= 0.6 is 0 Å². The van der Waals surface area contributed by atoms with Crippen LogP contribution in [0.1, 0.15) is 25.7 Å². The van der Waals surface area contributed by atoms with Gasteiger partial charge in [0.1, 0.15) is 0 Å². The van der Waals surface area contributed by atoms with Crippen molar-refractivity contribution in [1.29, 1.82) is 0 Å². The second-order valence-electron chi connectivity index (χ2n) is 3.04. The first kappa shape index (κ1) is 10.0. The predicted molar refractivity (Wildman–Crippen MR) is 59.3 cm³/mol. The Bertz CT molecular complexity index is 192. The lowest BCUT2D eigenvalue weighted by molar-refractivity contribution is 1.04. The van der Waals surface area contributed by atoms with Crippen LogP contribution in [0.5, 0.6) is 0 Å². The first-order chi connectivity index (χ1) is 6.50. The minimum atomic E-state index is 1.04. The van der Waals surface area contributed by atoms with E-state index in [9.17, 15) is 0 Å². The molecule has 0 N–H and O–H groups in total. The maximum atomic E-state index is 2.25. The first-order valence-corrected chi connectivity index (χ1v) is 4.95. The molecule has 0 aromatic rings. The van der Waals surface area contributed by atoms with Gasteiger partial charge < -0.3 is 0 Å². The van der Waals surface area contributed by atoms with E-state index < -0.39 is 0 Å². The fourth-order valence-electron chi connectivity index (χ4n) is 1.15. The Morgan fingerprint density at radius 2 is 1.15 bits per heavy atom. The molecule has 0 amide bonds. The summed E-state index contributed by atoms with van der Waals surface area (Å²) in [4.78, 5) is 0. The smallest absolute Gasteiger partial charge is 0.00442 e. The van der Waals surface area contributed by atoms with Crippen molar-refractivity contribution in [3.05, 3.63) is 55.0 Å². The van der Waals surface area contributed by atoms with E-state index in [1.165, 1.54) is 0 Å². The maximum absolute atomic E-state index is 2.25. The van der Waals surface area contributed by atoms with Crippen molar-refractivity contribution in [1.82, 2.24) is 0 Å². The molecule has 1 aliphatic rings. The molecular formula is C13H17. The summed E-state index contributed by atoms with van der Waals surface area (Å²) < 4.78 is 0. The van der Waals surface area contributed by atoms with Gasteiger partial charge in [-0.2, -0.15) is 0 Å². The molecule has 0 saturated carbocycles. The van der Waals surface area contributed by atoms with Crippen LogP contribution in [0.3, 0.4) is 0 Å². The summed E-state index contributed by atoms with van der Waals surface area (Å²) in [5.74, 6) is 0. The lowest BCUT2D eigenvalue weighted by Gasteiger charge is -1.85. The molecular weight excluding hydrogens is 156 g/mol. The summed E-state index contributed by atoms with van der Waals surface area (Å²) in [5.41, 5.74) is 0. The van der Waals surface area contributed by atoms with Crippen LogP contribution in [0.2, 0.25) is 0 Å². The van der Waals surface area contributed by atoms with Crippen molar-refractivity contribution >= 4 is 0 Å². The highest BCUT2D eigenvalue weighted by atomic mass is 13.9. The number of hydrogen-bond acceptors (Lipinski definition) is 0. The zero-order valence-corrected chi connectivity index (χ0v) is 8.02. The minimum Gasteiger partial charge on any atom is -0.0879 e. The van der Waals surface area contributed by atoms with E-state index >= 15 is 0 Å². The SMILES string of the molecule is [CH]1/C=C/C/C=C\C/C=C\CC/C=C/1. The molecule has 69 valence electrons. The topological polar surface area (TPSA) is 0 Å². The predicted octanol–water partition coefficient (Wildman–Crippen LogP) is 3.99. The van der Waals surface area contributed by atoms with Crippen molar-refractivity contribution in [2.45, 2.75) is 25.7 Å². The maximum Gasteiger partial charge on any atom is 0.00442 e. The molecule has 0 bridgehead atoms. The molecule has 1 aliphatic carbocycles. The average Bonchev–Trinajstić information content (AvgIpc) is 2.18. The Morgan fingerprint density at radius 1 is 0.538 bits per heavy atom. The van der Waals surface area contributed by atoms with E-state index in [2.05, 4.69) is 55.0 Å². The van der Waals surface area contributed by atoms with Gasteiger partial charge in [0, 0.05) is 6.42 Å². The van der Waals surface area contributed by atoms with E-state index in [0.717, 1.165) is 25.7 Å². The van der Waals surface area contributed by atoms with Crippen molar-refractivity contribution in [2.75, 3.05) is 0 Å². The van der Waals surface area contributed by atoms with E-state index in [1.807, 2.05) is 0 Å². The Labute approximate surface area is 81.4 Å². The molecule has 0 aliphatic heterocycles. The normalized spacial score (nSPS) is 28.9. The van der Waals surface area contributed by atoms with Gasteiger partial charge in [0.25, 0.3) is 0 Å². The monoisotopic (exact) mass is 173 g/mol. The minimum absolute atomic E-state index is 1.04. The van der Waals surface area contributed by atoms with Gasteiger partial charge in [-0.15, -0.1) is 0 Å². The molecule has 13 heavy (non-hydrogen) atoms. The Morgan fingerprint density at radius 3 is 2.08 bits per heavy atom. The van der Waals surface area contributed by atoms with Crippen LogP contribution < -0.4 is 0 Å². The molecule has 0 nitrogen and oxygen atoms in total. The summed E-state index contributed by atoms with van der Waals surface area (Å²) in [5, 5.41) is 0. The first-order valence-electron chi connectivity index (χ1n) is 4.95. The van der Waals surface area contributed by atoms with Crippen LogP contribution in [-0.4, -0.2) is 0 Å². The Hall–Kier alpha value is -1.04. The van der Waals surface area contributed by atoms with Crippen LogP contribution in [0.15, 0.2) is 48.6 Å². The molecule has 1 rings (SSSR count). The Balaban J connectivity index is 2.38. The molecule has 0 fully saturated rings. The molecule has 0 unspecified atom stereocenters. The molecule has 0 aromatic heterocycles. The number of hydrogen-bond donors (Lipinski definition) is 0. The lowest BCUT2D eigenvalue weighted by atomic mass is 10.2. The van der Waals surface area contributed by atoms with Crippen LogP contribution in [0.25, 0.3) is 0 Å². The van der Waals surface area contributed by atoms with E-state index in [0.29, 0.717) is 0 Å². The molecule has 0 aromatic carbocycles. The van der Waals surface area contributed by atoms with E-state index in [4.69, 9.17) is 0 Å². The third kappa shape index (κ3) is 6.15. The summed E-state index contributed by atoms with van der Waals surface area (Å²) in [6, 6.07) is 0. The average molecular weight is 173 g/mol. The summed E-state index contributed by atoms with van der Waals surface area (Å²) >= 11 is 0. The van der Waals surface area contributed by atoms with Gasteiger partial charge in [0.05, 0.1) is 0 Å². The van der Waals surface area contributed by atoms with Crippen LogP contribution in [0, 0.1) is 6.42 Å². The molecule has 0 heteroatoms. The fourth-order valence-corrected chi connectivity index (χ4v) is 1.15. The van der Waals surface area contributed by atoms with Gasteiger partial charge in [-0.25, -0.2) is 0 Å². The summed E-state index contributed by atoms with van der Waals surface area (Å²) in [6.07, 6.45) is 24.0. The fraction of sp³-hybridized carbons (Fsp3) is 0.308. The van der Waals surface area contributed by atoms with Crippen molar-refractivity contribution in [2.24, 2.45) is 0 Å². The van der Waals surface area contributed by atoms with E-state index in [1.54, 1.807) is 0 Å². The van der Waals surface area contributed by atoms with E-state index in [-0.39, 0.29) is 0 Å². The third-order valence-electron chi connectivity index (χ3n) is 1.87. The van der Waals surface area contributed by atoms with Crippen molar-refractivity contribution < 1.29 is 0 Å². The summed E-state index contributed by atoms with van der Waals surface area (Å²) in [7, 11) is 0. The third-order valence-corrected chi connectivity index (χ3v) is 1.87. The summed E-state index contributed by atoms with van der Waals surface area (Å²) in [6.45, 7) is 0.